The second-order valence-corrected chi connectivity index (χ2v) is 5.91. The van der Waals surface area contributed by atoms with Crippen LogP contribution in [0.3, 0.4) is 0 Å². The standard InChI is InChI=1S/C18H21N3O3/c1-13-3-8-17(20-19-13)24-16-9-10-21(12-16)18(22)11-14-4-6-15(23-2)7-5-14/h3-8,16H,9-12H2,1-2H3. The van der Waals surface area contributed by atoms with E-state index in [0.717, 1.165) is 23.4 Å². The number of likely N-dealkylation sites (tertiary alicyclic amines) is 1. The Hall–Kier alpha value is -2.63. The summed E-state index contributed by atoms with van der Waals surface area (Å²) in [4.78, 5) is 14.3. The van der Waals surface area contributed by atoms with Crippen molar-refractivity contribution < 1.29 is 14.3 Å². The van der Waals surface area contributed by atoms with Gasteiger partial charge in [-0.1, -0.05) is 12.1 Å². The minimum atomic E-state index is -0.0261. The van der Waals surface area contributed by atoms with E-state index in [1.54, 1.807) is 7.11 Å². The van der Waals surface area contributed by atoms with Crippen molar-refractivity contribution in [3.8, 4) is 11.6 Å². The highest BCUT2D eigenvalue weighted by Crippen LogP contribution is 2.18. The van der Waals surface area contributed by atoms with Gasteiger partial charge in [0.15, 0.2) is 0 Å². The summed E-state index contributed by atoms with van der Waals surface area (Å²) in [6, 6.07) is 11.3. The second kappa shape index (κ2) is 7.29. The van der Waals surface area contributed by atoms with Crippen molar-refractivity contribution in [2.45, 2.75) is 25.9 Å². The average molecular weight is 327 g/mol. The first-order chi connectivity index (χ1) is 11.6. The quantitative estimate of drug-likeness (QED) is 0.840. The first-order valence-corrected chi connectivity index (χ1v) is 8.02. The van der Waals surface area contributed by atoms with Crippen molar-refractivity contribution >= 4 is 5.91 Å². The Kier molecular flexibility index (Phi) is 4.93. The van der Waals surface area contributed by atoms with Gasteiger partial charge in [0, 0.05) is 19.0 Å². The third-order valence-corrected chi connectivity index (χ3v) is 4.07. The third kappa shape index (κ3) is 4.01. The van der Waals surface area contributed by atoms with Crippen LogP contribution in [0.15, 0.2) is 36.4 Å². The SMILES string of the molecule is COc1ccc(CC(=O)N2CCC(Oc3ccc(C)nn3)C2)cc1. The van der Waals surface area contributed by atoms with Crippen molar-refractivity contribution in [2.75, 3.05) is 20.2 Å². The smallest absolute Gasteiger partial charge is 0.233 e. The lowest BCUT2D eigenvalue weighted by molar-refractivity contribution is -0.129. The maximum Gasteiger partial charge on any atom is 0.233 e. The van der Waals surface area contributed by atoms with Crippen LogP contribution in [-0.2, 0) is 11.2 Å². The normalized spacial score (nSPS) is 16.9. The number of carbonyl (C=O) groups excluding carboxylic acids is 1. The molecular formula is C18H21N3O3. The molecule has 1 aromatic heterocycles. The van der Waals surface area contributed by atoms with Crippen molar-refractivity contribution in [3.05, 3.63) is 47.7 Å². The van der Waals surface area contributed by atoms with Gasteiger partial charge in [0.1, 0.15) is 11.9 Å². The maximum atomic E-state index is 12.4. The minimum Gasteiger partial charge on any atom is -0.497 e. The largest absolute Gasteiger partial charge is 0.497 e. The monoisotopic (exact) mass is 327 g/mol. The molecule has 1 aliphatic heterocycles. The Morgan fingerprint density at radius 2 is 2.00 bits per heavy atom. The van der Waals surface area contributed by atoms with E-state index in [1.807, 2.05) is 48.2 Å². The molecule has 6 nitrogen and oxygen atoms in total. The lowest BCUT2D eigenvalue weighted by Gasteiger charge is -2.17. The molecule has 1 aromatic carbocycles. The summed E-state index contributed by atoms with van der Waals surface area (Å²) in [7, 11) is 1.63. The lowest BCUT2D eigenvalue weighted by Crippen LogP contribution is -2.32. The fourth-order valence-corrected chi connectivity index (χ4v) is 2.70. The van der Waals surface area contributed by atoms with Gasteiger partial charge < -0.3 is 14.4 Å². The molecule has 2 aromatic rings. The summed E-state index contributed by atoms with van der Waals surface area (Å²) in [5.41, 5.74) is 1.83. The zero-order chi connectivity index (χ0) is 16.9. The molecule has 0 bridgehead atoms. The van der Waals surface area contributed by atoms with E-state index in [1.165, 1.54) is 0 Å². The predicted molar refractivity (Wildman–Crippen MR) is 89.1 cm³/mol. The van der Waals surface area contributed by atoms with Crippen LogP contribution >= 0.6 is 0 Å². The Morgan fingerprint density at radius 3 is 2.67 bits per heavy atom. The molecule has 0 radical (unpaired) electrons. The summed E-state index contributed by atoms with van der Waals surface area (Å²) in [6.45, 7) is 3.18. The molecular weight excluding hydrogens is 306 g/mol. The summed E-state index contributed by atoms with van der Waals surface area (Å²) in [6.07, 6.45) is 1.17. The van der Waals surface area contributed by atoms with E-state index in [4.69, 9.17) is 9.47 Å². The first-order valence-electron chi connectivity index (χ1n) is 8.02. The molecule has 6 heteroatoms. The number of rotatable bonds is 5. The molecule has 0 N–H and O–H groups in total. The van der Waals surface area contributed by atoms with Gasteiger partial charge in [-0.05, 0) is 30.7 Å². The van der Waals surface area contributed by atoms with Gasteiger partial charge in [0.05, 0.1) is 25.8 Å². The van der Waals surface area contributed by atoms with Crippen LogP contribution in [0.4, 0.5) is 0 Å². The van der Waals surface area contributed by atoms with Crippen LogP contribution in [-0.4, -0.2) is 47.3 Å². The average Bonchev–Trinajstić information content (AvgIpc) is 3.06. The van der Waals surface area contributed by atoms with Crippen LogP contribution in [0, 0.1) is 6.92 Å². The molecule has 1 amide bonds. The predicted octanol–water partition coefficient (Wildman–Crippen LogP) is 2.02. The van der Waals surface area contributed by atoms with E-state index in [0.29, 0.717) is 25.4 Å². The molecule has 1 aliphatic rings. The second-order valence-electron chi connectivity index (χ2n) is 5.91. The molecule has 1 unspecified atom stereocenters. The fourth-order valence-electron chi connectivity index (χ4n) is 2.70. The van der Waals surface area contributed by atoms with E-state index < -0.39 is 0 Å². The molecule has 0 spiro atoms. The van der Waals surface area contributed by atoms with Crippen LogP contribution in [0.5, 0.6) is 11.6 Å². The molecule has 3 rings (SSSR count). The van der Waals surface area contributed by atoms with E-state index in [9.17, 15) is 4.79 Å². The third-order valence-electron chi connectivity index (χ3n) is 4.07. The van der Waals surface area contributed by atoms with Crippen molar-refractivity contribution in [1.82, 2.24) is 15.1 Å². The van der Waals surface area contributed by atoms with E-state index in [-0.39, 0.29) is 12.0 Å². The number of carbonyl (C=O) groups is 1. The number of amides is 1. The zero-order valence-corrected chi connectivity index (χ0v) is 13.9. The molecule has 0 saturated carbocycles. The number of nitrogens with zero attached hydrogens (tertiary/aromatic N) is 3. The molecule has 2 heterocycles. The molecule has 1 saturated heterocycles. The van der Waals surface area contributed by atoms with Crippen LogP contribution in [0.1, 0.15) is 17.7 Å². The van der Waals surface area contributed by atoms with Gasteiger partial charge in [0.2, 0.25) is 11.8 Å². The van der Waals surface area contributed by atoms with Gasteiger partial charge in [-0.3, -0.25) is 4.79 Å². The number of hydrogen-bond acceptors (Lipinski definition) is 5. The minimum absolute atomic E-state index is 0.0261. The highest BCUT2D eigenvalue weighted by molar-refractivity contribution is 5.79. The highest BCUT2D eigenvalue weighted by atomic mass is 16.5. The summed E-state index contributed by atoms with van der Waals surface area (Å²) in [5, 5.41) is 7.99. The van der Waals surface area contributed by atoms with Crippen molar-refractivity contribution in [1.29, 1.82) is 0 Å². The van der Waals surface area contributed by atoms with Crippen molar-refractivity contribution in [2.24, 2.45) is 0 Å². The number of benzene rings is 1. The fraction of sp³-hybridized carbons (Fsp3) is 0.389. The Labute approximate surface area is 141 Å². The Bertz CT molecular complexity index is 686. The Balaban J connectivity index is 1.52. The van der Waals surface area contributed by atoms with Crippen LogP contribution < -0.4 is 9.47 Å². The van der Waals surface area contributed by atoms with Gasteiger partial charge in [-0.25, -0.2) is 0 Å². The number of aromatic nitrogens is 2. The first kappa shape index (κ1) is 16.2. The molecule has 0 aliphatic carbocycles. The Morgan fingerprint density at radius 1 is 1.21 bits per heavy atom. The van der Waals surface area contributed by atoms with E-state index in [2.05, 4.69) is 10.2 Å². The number of aryl methyl sites for hydroxylation is 1. The van der Waals surface area contributed by atoms with E-state index >= 15 is 0 Å². The number of methoxy groups -OCH3 is 1. The molecule has 1 fully saturated rings. The van der Waals surface area contributed by atoms with Gasteiger partial charge in [0.25, 0.3) is 0 Å². The molecule has 1 atom stereocenters. The summed E-state index contributed by atoms with van der Waals surface area (Å²) < 4.78 is 10.9. The topological polar surface area (TPSA) is 64.5 Å². The molecule has 126 valence electrons. The number of hydrogen-bond donors (Lipinski definition) is 0. The van der Waals surface area contributed by atoms with Gasteiger partial charge in [-0.2, -0.15) is 5.10 Å². The zero-order valence-electron chi connectivity index (χ0n) is 13.9. The molecule has 24 heavy (non-hydrogen) atoms. The maximum absolute atomic E-state index is 12.4. The van der Waals surface area contributed by atoms with Gasteiger partial charge >= 0.3 is 0 Å². The highest BCUT2D eigenvalue weighted by Gasteiger charge is 2.27. The van der Waals surface area contributed by atoms with Crippen molar-refractivity contribution in [3.63, 3.8) is 0 Å². The number of ether oxygens (including phenoxy) is 2. The summed E-state index contributed by atoms with van der Waals surface area (Å²) >= 11 is 0. The summed E-state index contributed by atoms with van der Waals surface area (Å²) in [5.74, 6) is 1.41. The van der Waals surface area contributed by atoms with Gasteiger partial charge in [-0.15, -0.1) is 5.10 Å². The van der Waals surface area contributed by atoms with Crippen LogP contribution in [0.2, 0.25) is 0 Å². The van der Waals surface area contributed by atoms with Crippen LogP contribution in [0.25, 0.3) is 0 Å². The lowest BCUT2D eigenvalue weighted by atomic mass is 10.1.